The first-order chi connectivity index (χ1) is 8.15. The molecule has 0 spiro atoms. The topological polar surface area (TPSA) is 80.9 Å². The van der Waals surface area contributed by atoms with Gasteiger partial charge in [0.25, 0.3) is 0 Å². The highest BCUT2D eigenvalue weighted by molar-refractivity contribution is 5.88. The van der Waals surface area contributed by atoms with E-state index in [4.69, 9.17) is 5.73 Å². The lowest BCUT2D eigenvalue weighted by Crippen LogP contribution is -2.19. The first-order valence-corrected chi connectivity index (χ1v) is 5.12. The molecule has 1 aromatic heterocycles. The minimum atomic E-state index is -0.586. The van der Waals surface area contributed by atoms with E-state index in [-0.39, 0.29) is 0 Å². The van der Waals surface area contributed by atoms with Crippen LogP contribution in [-0.4, -0.2) is 16.2 Å². The van der Waals surface area contributed by atoms with Crippen molar-refractivity contribution in [3.63, 3.8) is 0 Å². The van der Waals surface area contributed by atoms with Crippen LogP contribution in [0.1, 0.15) is 5.69 Å². The molecule has 0 aliphatic heterocycles. The zero-order valence-electron chi connectivity index (χ0n) is 9.34. The first kappa shape index (κ1) is 11.1. The summed E-state index contributed by atoms with van der Waals surface area (Å²) in [5.74, 6) is 0. The quantitative estimate of drug-likeness (QED) is 0.824. The Balaban J connectivity index is 2.32. The molecular formula is C12H12N4O. The normalized spacial score (nSPS) is 9.94. The second kappa shape index (κ2) is 4.61. The van der Waals surface area contributed by atoms with E-state index in [1.807, 2.05) is 31.2 Å². The van der Waals surface area contributed by atoms with Crippen LogP contribution in [0.3, 0.4) is 0 Å². The number of hydrogen-bond acceptors (Lipinski definition) is 3. The Labute approximate surface area is 98.7 Å². The summed E-state index contributed by atoms with van der Waals surface area (Å²) in [5, 5.41) is 10.6. The SMILES string of the molecule is Cc1ccc(-c2cccc(NC(N)=O)c2)nn1. The second-order valence-electron chi connectivity index (χ2n) is 3.63. The third kappa shape index (κ3) is 2.78. The molecule has 0 radical (unpaired) electrons. The van der Waals surface area contributed by atoms with Crippen molar-refractivity contribution in [1.82, 2.24) is 10.2 Å². The molecule has 0 bridgehead atoms. The van der Waals surface area contributed by atoms with Gasteiger partial charge >= 0.3 is 6.03 Å². The molecule has 3 N–H and O–H groups in total. The predicted molar refractivity (Wildman–Crippen MR) is 65.4 cm³/mol. The number of aryl methyl sites for hydroxylation is 1. The van der Waals surface area contributed by atoms with Crippen molar-refractivity contribution < 1.29 is 4.79 Å². The summed E-state index contributed by atoms with van der Waals surface area (Å²) in [5.41, 5.74) is 8.18. The number of anilines is 1. The van der Waals surface area contributed by atoms with Gasteiger partial charge in [-0.25, -0.2) is 4.79 Å². The van der Waals surface area contributed by atoms with Gasteiger partial charge in [0.15, 0.2) is 0 Å². The number of primary amides is 1. The Kier molecular flexibility index (Phi) is 3.00. The first-order valence-electron chi connectivity index (χ1n) is 5.12. The number of rotatable bonds is 2. The monoisotopic (exact) mass is 228 g/mol. The van der Waals surface area contributed by atoms with E-state index in [0.29, 0.717) is 5.69 Å². The van der Waals surface area contributed by atoms with Crippen molar-refractivity contribution in [1.29, 1.82) is 0 Å². The molecule has 17 heavy (non-hydrogen) atoms. The Morgan fingerprint density at radius 1 is 1.24 bits per heavy atom. The molecule has 2 aromatic rings. The third-order valence-corrected chi connectivity index (χ3v) is 2.22. The highest BCUT2D eigenvalue weighted by atomic mass is 16.2. The van der Waals surface area contributed by atoms with E-state index in [2.05, 4.69) is 15.5 Å². The van der Waals surface area contributed by atoms with Gasteiger partial charge in [0.1, 0.15) is 0 Å². The van der Waals surface area contributed by atoms with Gasteiger partial charge in [-0.2, -0.15) is 10.2 Å². The molecule has 86 valence electrons. The summed E-state index contributed by atoms with van der Waals surface area (Å²) in [6.45, 7) is 1.88. The molecule has 1 aromatic carbocycles. The molecule has 0 saturated carbocycles. The van der Waals surface area contributed by atoms with E-state index >= 15 is 0 Å². The van der Waals surface area contributed by atoms with Gasteiger partial charge < -0.3 is 11.1 Å². The number of benzene rings is 1. The molecule has 0 aliphatic rings. The smallest absolute Gasteiger partial charge is 0.316 e. The average molecular weight is 228 g/mol. The standard InChI is InChI=1S/C12H12N4O/c1-8-5-6-11(16-15-8)9-3-2-4-10(7-9)14-12(13)17/h2-7H,1H3,(H3,13,14,17). The molecular weight excluding hydrogens is 216 g/mol. The number of hydrogen-bond donors (Lipinski definition) is 2. The predicted octanol–water partition coefficient (Wildman–Crippen LogP) is 1.94. The minimum absolute atomic E-state index is 0.586. The number of nitrogens with one attached hydrogen (secondary N) is 1. The Morgan fingerprint density at radius 2 is 2.06 bits per heavy atom. The zero-order chi connectivity index (χ0) is 12.3. The van der Waals surface area contributed by atoms with Crippen molar-refractivity contribution >= 4 is 11.7 Å². The van der Waals surface area contributed by atoms with Crippen LogP contribution in [0.15, 0.2) is 36.4 Å². The summed E-state index contributed by atoms with van der Waals surface area (Å²) >= 11 is 0. The maximum Gasteiger partial charge on any atom is 0.316 e. The number of nitrogens with zero attached hydrogens (tertiary/aromatic N) is 2. The number of nitrogens with two attached hydrogens (primary N) is 1. The van der Waals surface area contributed by atoms with Crippen molar-refractivity contribution in [2.75, 3.05) is 5.32 Å². The highest BCUT2D eigenvalue weighted by Crippen LogP contribution is 2.20. The van der Waals surface area contributed by atoms with Gasteiger partial charge in [0.2, 0.25) is 0 Å². The molecule has 2 rings (SSSR count). The molecule has 5 nitrogen and oxygen atoms in total. The third-order valence-electron chi connectivity index (χ3n) is 2.22. The van der Waals surface area contributed by atoms with E-state index < -0.39 is 6.03 Å². The van der Waals surface area contributed by atoms with Crippen LogP contribution in [0, 0.1) is 6.92 Å². The highest BCUT2D eigenvalue weighted by Gasteiger charge is 2.02. The van der Waals surface area contributed by atoms with Crippen LogP contribution in [0.5, 0.6) is 0 Å². The lowest BCUT2D eigenvalue weighted by molar-refractivity contribution is 0.259. The lowest BCUT2D eigenvalue weighted by atomic mass is 10.1. The van der Waals surface area contributed by atoms with Crippen LogP contribution >= 0.6 is 0 Å². The molecule has 1 heterocycles. The van der Waals surface area contributed by atoms with Crippen molar-refractivity contribution in [2.24, 2.45) is 5.73 Å². The number of amides is 2. The molecule has 0 aliphatic carbocycles. The second-order valence-corrected chi connectivity index (χ2v) is 3.63. The molecule has 0 atom stereocenters. The Bertz CT molecular complexity index is 536. The summed E-state index contributed by atoms with van der Waals surface area (Å²) < 4.78 is 0. The number of urea groups is 1. The van der Waals surface area contributed by atoms with Crippen LogP contribution < -0.4 is 11.1 Å². The van der Waals surface area contributed by atoms with Crippen molar-refractivity contribution in [3.05, 3.63) is 42.1 Å². The van der Waals surface area contributed by atoms with Gasteiger partial charge in [0.05, 0.1) is 11.4 Å². The fourth-order valence-corrected chi connectivity index (χ4v) is 1.45. The Hall–Kier alpha value is -2.43. The zero-order valence-corrected chi connectivity index (χ0v) is 9.34. The minimum Gasteiger partial charge on any atom is -0.351 e. The lowest BCUT2D eigenvalue weighted by Gasteiger charge is -2.04. The molecule has 2 amide bonds. The maximum atomic E-state index is 10.7. The van der Waals surface area contributed by atoms with Crippen LogP contribution in [0.4, 0.5) is 10.5 Å². The Morgan fingerprint density at radius 3 is 2.71 bits per heavy atom. The fourth-order valence-electron chi connectivity index (χ4n) is 1.45. The van der Waals surface area contributed by atoms with Crippen LogP contribution in [0.2, 0.25) is 0 Å². The van der Waals surface area contributed by atoms with E-state index in [1.165, 1.54) is 0 Å². The van der Waals surface area contributed by atoms with Gasteiger partial charge in [0, 0.05) is 11.3 Å². The van der Waals surface area contributed by atoms with Gasteiger partial charge in [-0.3, -0.25) is 0 Å². The summed E-state index contributed by atoms with van der Waals surface area (Å²) in [6, 6.07) is 10.5. The summed E-state index contributed by atoms with van der Waals surface area (Å²) in [6.07, 6.45) is 0. The van der Waals surface area contributed by atoms with Gasteiger partial charge in [-0.1, -0.05) is 12.1 Å². The summed E-state index contributed by atoms with van der Waals surface area (Å²) in [4.78, 5) is 10.7. The number of carbonyl (C=O) groups is 1. The molecule has 0 fully saturated rings. The number of aromatic nitrogens is 2. The van der Waals surface area contributed by atoms with E-state index in [1.54, 1.807) is 12.1 Å². The molecule has 0 unspecified atom stereocenters. The van der Waals surface area contributed by atoms with Gasteiger partial charge in [-0.05, 0) is 31.2 Å². The molecule has 5 heteroatoms. The van der Waals surface area contributed by atoms with Crippen molar-refractivity contribution in [2.45, 2.75) is 6.92 Å². The fraction of sp³-hybridized carbons (Fsp3) is 0.0833. The van der Waals surface area contributed by atoms with E-state index in [0.717, 1.165) is 17.0 Å². The van der Waals surface area contributed by atoms with E-state index in [9.17, 15) is 4.79 Å². The van der Waals surface area contributed by atoms with Crippen LogP contribution in [-0.2, 0) is 0 Å². The van der Waals surface area contributed by atoms with Gasteiger partial charge in [-0.15, -0.1) is 0 Å². The number of carbonyl (C=O) groups excluding carboxylic acids is 1. The van der Waals surface area contributed by atoms with Crippen molar-refractivity contribution in [3.8, 4) is 11.3 Å². The molecule has 0 saturated heterocycles. The van der Waals surface area contributed by atoms with Crippen LogP contribution in [0.25, 0.3) is 11.3 Å². The average Bonchev–Trinajstić information content (AvgIpc) is 2.29. The maximum absolute atomic E-state index is 10.7. The largest absolute Gasteiger partial charge is 0.351 e. The summed E-state index contributed by atoms with van der Waals surface area (Å²) in [7, 11) is 0.